The fourth-order valence-corrected chi connectivity index (χ4v) is 1.21. The van der Waals surface area contributed by atoms with Crippen LogP contribution in [-0.2, 0) is 14.4 Å². The SMILES string of the molecule is CCC(C(=O)O)C1=CC(=O)NC1=O. The minimum Gasteiger partial charge on any atom is -0.481 e. The standard InChI is InChI=1S/C8H9NO4/c1-2-4(8(12)13)5-3-6(10)9-7(5)11/h3-4H,2H2,1H3,(H,12,13)(H,9,10,11). The second-order valence-electron chi connectivity index (χ2n) is 2.72. The molecule has 0 aromatic rings. The van der Waals surface area contributed by atoms with Crippen LogP contribution < -0.4 is 5.32 Å². The Morgan fingerprint density at radius 1 is 1.62 bits per heavy atom. The molecule has 1 heterocycles. The third-order valence-corrected chi connectivity index (χ3v) is 1.87. The highest BCUT2D eigenvalue weighted by Crippen LogP contribution is 2.18. The van der Waals surface area contributed by atoms with Crippen molar-refractivity contribution >= 4 is 17.8 Å². The van der Waals surface area contributed by atoms with Crippen molar-refractivity contribution in [2.45, 2.75) is 13.3 Å². The Labute approximate surface area is 74.4 Å². The zero-order chi connectivity index (χ0) is 10.0. The van der Waals surface area contributed by atoms with Crippen molar-refractivity contribution in [1.29, 1.82) is 0 Å². The van der Waals surface area contributed by atoms with Gasteiger partial charge < -0.3 is 5.11 Å². The van der Waals surface area contributed by atoms with E-state index in [1.807, 2.05) is 5.32 Å². The van der Waals surface area contributed by atoms with Crippen molar-refractivity contribution in [3.63, 3.8) is 0 Å². The molecule has 13 heavy (non-hydrogen) atoms. The maximum atomic E-state index is 11.0. The predicted molar refractivity (Wildman–Crippen MR) is 42.6 cm³/mol. The van der Waals surface area contributed by atoms with Crippen LogP contribution in [0.1, 0.15) is 13.3 Å². The Morgan fingerprint density at radius 2 is 2.23 bits per heavy atom. The highest BCUT2D eigenvalue weighted by molar-refractivity contribution is 6.18. The number of hydrogen-bond acceptors (Lipinski definition) is 3. The first-order chi connectivity index (χ1) is 6.06. The minimum absolute atomic E-state index is 0.0417. The molecule has 5 nitrogen and oxygen atoms in total. The van der Waals surface area contributed by atoms with Gasteiger partial charge >= 0.3 is 5.97 Å². The van der Waals surface area contributed by atoms with Gasteiger partial charge in [0.05, 0.1) is 5.92 Å². The number of amides is 2. The van der Waals surface area contributed by atoms with Gasteiger partial charge in [-0.15, -0.1) is 0 Å². The second-order valence-corrected chi connectivity index (χ2v) is 2.72. The molecule has 0 fully saturated rings. The van der Waals surface area contributed by atoms with Crippen LogP contribution in [0.15, 0.2) is 11.6 Å². The lowest BCUT2D eigenvalue weighted by Crippen LogP contribution is -2.26. The first kappa shape index (κ1) is 9.44. The van der Waals surface area contributed by atoms with E-state index in [1.165, 1.54) is 0 Å². The van der Waals surface area contributed by atoms with E-state index < -0.39 is 23.7 Å². The van der Waals surface area contributed by atoms with Gasteiger partial charge in [0.25, 0.3) is 11.8 Å². The quantitative estimate of drug-likeness (QED) is 0.587. The van der Waals surface area contributed by atoms with Crippen LogP contribution in [0.3, 0.4) is 0 Å². The highest BCUT2D eigenvalue weighted by Gasteiger charge is 2.31. The van der Waals surface area contributed by atoms with E-state index in [2.05, 4.69) is 0 Å². The molecule has 1 aliphatic rings. The van der Waals surface area contributed by atoms with E-state index in [0.29, 0.717) is 6.42 Å². The summed E-state index contributed by atoms with van der Waals surface area (Å²) in [6.07, 6.45) is 1.34. The molecule has 5 heteroatoms. The smallest absolute Gasteiger partial charge is 0.311 e. The van der Waals surface area contributed by atoms with E-state index in [1.54, 1.807) is 6.92 Å². The van der Waals surface area contributed by atoms with Crippen molar-refractivity contribution in [2.75, 3.05) is 0 Å². The van der Waals surface area contributed by atoms with Gasteiger partial charge in [0.1, 0.15) is 0 Å². The summed E-state index contributed by atoms with van der Waals surface area (Å²) in [5.74, 6) is -3.11. The summed E-state index contributed by atoms with van der Waals surface area (Å²) in [6, 6.07) is 0. The van der Waals surface area contributed by atoms with Gasteiger partial charge in [-0.2, -0.15) is 0 Å². The van der Waals surface area contributed by atoms with E-state index >= 15 is 0 Å². The molecule has 1 aliphatic heterocycles. The van der Waals surface area contributed by atoms with Crippen molar-refractivity contribution in [2.24, 2.45) is 5.92 Å². The zero-order valence-corrected chi connectivity index (χ0v) is 7.03. The van der Waals surface area contributed by atoms with Gasteiger partial charge in [-0.05, 0) is 6.42 Å². The van der Waals surface area contributed by atoms with Crippen LogP contribution in [-0.4, -0.2) is 22.9 Å². The Morgan fingerprint density at radius 3 is 2.54 bits per heavy atom. The number of carbonyl (C=O) groups excluding carboxylic acids is 2. The lowest BCUT2D eigenvalue weighted by atomic mass is 9.97. The van der Waals surface area contributed by atoms with Crippen molar-refractivity contribution in [3.05, 3.63) is 11.6 Å². The Hall–Kier alpha value is -1.65. The normalized spacial score (nSPS) is 18.1. The van der Waals surface area contributed by atoms with E-state index in [-0.39, 0.29) is 5.57 Å². The summed E-state index contributed by atoms with van der Waals surface area (Å²) in [7, 11) is 0. The number of nitrogens with one attached hydrogen (secondary N) is 1. The minimum atomic E-state index is -1.08. The monoisotopic (exact) mass is 183 g/mol. The Bertz CT molecular complexity index is 305. The Kier molecular flexibility index (Phi) is 2.46. The molecule has 2 N–H and O–H groups in total. The maximum absolute atomic E-state index is 11.0. The molecular weight excluding hydrogens is 174 g/mol. The fraction of sp³-hybridized carbons (Fsp3) is 0.375. The van der Waals surface area contributed by atoms with E-state index in [9.17, 15) is 14.4 Å². The third-order valence-electron chi connectivity index (χ3n) is 1.87. The van der Waals surface area contributed by atoms with Gasteiger partial charge in [-0.25, -0.2) is 0 Å². The van der Waals surface area contributed by atoms with Gasteiger partial charge in [0.2, 0.25) is 0 Å². The van der Waals surface area contributed by atoms with Crippen LogP contribution in [0.4, 0.5) is 0 Å². The molecular formula is C8H9NO4. The van der Waals surface area contributed by atoms with Crippen LogP contribution in [0.25, 0.3) is 0 Å². The van der Waals surface area contributed by atoms with Crippen LogP contribution in [0, 0.1) is 5.92 Å². The third kappa shape index (κ3) is 1.74. The molecule has 0 bridgehead atoms. The summed E-state index contributed by atoms with van der Waals surface area (Å²) >= 11 is 0. The van der Waals surface area contributed by atoms with Gasteiger partial charge in [-0.1, -0.05) is 6.92 Å². The van der Waals surface area contributed by atoms with Crippen molar-refractivity contribution in [1.82, 2.24) is 5.32 Å². The lowest BCUT2D eigenvalue weighted by Gasteiger charge is -2.07. The summed E-state index contributed by atoms with van der Waals surface area (Å²) < 4.78 is 0. The topological polar surface area (TPSA) is 83.5 Å². The summed E-state index contributed by atoms with van der Waals surface area (Å²) in [4.78, 5) is 32.4. The molecule has 1 unspecified atom stereocenters. The molecule has 0 radical (unpaired) electrons. The largest absolute Gasteiger partial charge is 0.481 e. The maximum Gasteiger partial charge on any atom is 0.311 e. The molecule has 0 aromatic heterocycles. The zero-order valence-electron chi connectivity index (χ0n) is 7.03. The van der Waals surface area contributed by atoms with Crippen LogP contribution in [0.5, 0.6) is 0 Å². The summed E-state index contributed by atoms with van der Waals surface area (Å²) in [5, 5.41) is 10.7. The van der Waals surface area contributed by atoms with E-state index in [0.717, 1.165) is 6.08 Å². The molecule has 2 amide bonds. The number of hydrogen-bond donors (Lipinski definition) is 2. The van der Waals surface area contributed by atoms with Crippen LogP contribution in [0.2, 0.25) is 0 Å². The van der Waals surface area contributed by atoms with E-state index in [4.69, 9.17) is 5.11 Å². The molecule has 0 spiro atoms. The number of rotatable bonds is 3. The molecule has 0 saturated heterocycles. The second kappa shape index (κ2) is 3.38. The number of aliphatic carboxylic acids is 1. The first-order valence-electron chi connectivity index (χ1n) is 3.86. The lowest BCUT2D eigenvalue weighted by molar-refractivity contribution is -0.141. The molecule has 1 rings (SSSR count). The first-order valence-corrected chi connectivity index (χ1v) is 3.86. The number of carbonyl (C=O) groups is 3. The highest BCUT2D eigenvalue weighted by atomic mass is 16.4. The van der Waals surface area contributed by atoms with Crippen molar-refractivity contribution in [3.8, 4) is 0 Å². The average molecular weight is 183 g/mol. The number of carboxylic acid groups (broad SMARTS) is 1. The van der Waals surface area contributed by atoms with Crippen molar-refractivity contribution < 1.29 is 19.5 Å². The van der Waals surface area contributed by atoms with Gasteiger partial charge in [0.15, 0.2) is 0 Å². The fourth-order valence-electron chi connectivity index (χ4n) is 1.21. The van der Waals surface area contributed by atoms with Gasteiger partial charge in [0, 0.05) is 11.6 Å². The number of imide groups is 1. The van der Waals surface area contributed by atoms with Gasteiger partial charge in [-0.3, -0.25) is 19.7 Å². The molecule has 0 aromatic carbocycles. The Balaban J connectivity index is 2.92. The predicted octanol–water partition coefficient (Wildman–Crippen LogP) is -0.320. The molecule has 0 saturated carbocycles. The van der Waals surface area contributed by atoms with Crippen LogP contribution >= 0.6 is 0 Å². The average Bonchev–Trinajstić information content (AvgIpc) is 2.31. The summed E-state index contributed by atoms with van der Waals surface area (Å²) in [6.45, 7) is 1.65. The molecule has 0 aliphatic carbocycles. The number of carboxylic acids is 1. The molecule has 70 valence electrons. The molecule has 1 atom stereocenters. The summed E-state index contributed by atoms with van der Waals surface area (Å²) in [5.41, 5.74) is 0.0417.